The Morgan fingerprint density at radius 1 is 0.782 bits per heavy atom. The van der Waals surface area contributed by atoms with Crippen molar-refractivity contribution >= 4 is 65.2 Å². The van der Waals surface area contributed by atoms with E-state index in [0.29, 0.717) is 5.75 Å². The topological polar surface area (TPSA) is 54.0 Å². The molecule has 0 saturated carbocycles. The lowest BCUT2D eigenvalue weighted by atomic mass is 9.93. The fraction of sp³-hybridized carbons (Fsp3) is 0.667. The van der Waals surface area contributed by atoms with Gasteiger partial charge in [-0.2, -0.15) is 11.8 Å². The molecule has 0 bridgehead atoms. The van der Waals surface area contributed by atoms with Crippen LogP contribution in [0.4, 0.5) is 0 Å². The number of esters is 1. The van der Waals surface area contributed by atoms with Crippen molar-refractivity contribution < 1.29 is 22.8 Å². The maximum absolute atomic E-state index is 11.8. The molecule has 5 nitrogen and oxygen atoms in total. The molecule has 0 aliphatic heterocycles. The zero-order chi connectivity index (χ0) is 41.7. The minimum atomic E-state index is -2.16. The Morgan fingerprint density at radius 2 is 1.38 bits per heavy atom. The van der Waals surface area contributed by atoms with Crippen molar-refractivity contribution in [1.82, 2.24) is 0 Å². The summed E-state index contributed by atoms with van der Waals surface area (Å²) in [5, 5.41) is 2.87. The summed E-state index contributed by atoms with van der Waals surface area (Å²) in [7, 11) is -5.00. The zero-order valence-corrected chi connectivity index (χ0v) is 42.2. The van der Waals surface area contributed by atoms with Crippen LogP contribution in [0.1, 0.15) is 87.6 Å². The normalized spacial score (nSPS) is 20.2. The number of carbonyl (C=O) groups excluding carboxylic acids is 1. The molecule has 2 aromatic rings. The molecular formula is C45H76O5S2Si3. The Balaban J connectivity index is 2.07. The first kappa shape index (κ1) is 48.1. The molecule has 2 aromatic carbocycles. The lowest BCUT2D eigenvalue weighted by Crippen LogP contribution is -2.48. The number of aryl methyl sites for hydroxylation is 1. The second-order valence-corrected chi connectivity index (χ2v) is 36.9. The number of thioether (sulfide) groups is 2. The Labute approximate surface area is 348 Å². The fourth-order valence-corrected chi connectivity index (χ4v) is 12.3. The van der Waals surface area contributed by atoms with E-state index in [1.807, 2.05) is 11.8 Å². The summed E-state index contributed by atoms with van der Waals surface area (Å²) in [5.41, 5.74) is 0.862. The smallest absolute Gasteiger partial charge is 0.315 e. The van der Waals surface area contributed by atoms with Crippen molar-refractivity contribution in [3.8, 4) is 0 Å². The first-order chi connectivity index (χ1) is 25.1. The highest BCUT2D eigenvalue weighted by Crippen LogP contribution is 2.48. The number of ether oxygens (including phenoxy) is 1. The van der Waals surface area contributed by atoms with Crippen molar-refractivity contribution in [1.29, 1.82) is 0 Å². The predicted octanol–water partition coefficient (Wildman–Crippen LogP) is 13.4. The van der Waals surface area contributed by atoms with Crippen molar-refractivity contribution in [2.75, 3.05) is 24.4 Å². The molecule has 3 rings (SSSR count). The Kier molecular flexibility index (Phi) is 16.4. The van der Waals surface area contributed by atoms with Crippen LogP contribution in [-0.4, -0.2) is 72.2 Å². The zero-order valence-electron chi connectivity index (χ0n) is 37.6. The van der Waals surface area contributed by atoms with Gasteiger partial charge in [-0.3, -0.25) is 4.79 Å². The van der Waals surface area contributed by atoms with Crippen LogP contribution >= 0.6 is 23.5 Å². The Hall–Kier alpha value is -1.28. The van der Waals surface area contributed by atoms with Crippen LogP contribution in [0.25, 0.3) is 10.8 Å². The highest BCUT2D eigenvalue weighted by molar-refractivity contribution is 8.00. The molecule has 1 unspecified atom stereocenters. The van der Waals surface area contributed by atoms with Gasteiger partial charge in [0.15, 0.2) is 16.6 Å². The van der Waals surface area contributed by atoms with Gasteiger partial charge in [-0.1, -0.05) is 117 Å². The molecule has 0 amide bonds. The average Bonchev–Trinajstić information content (AvgIpc) is 3.35. The summed E-state index contributed by atoms with van der Waals surface area (Å²) in [6.45, 7) is 37.4. The molecular weight excluding hydrogens is 769 g/mol. The quantitative estimate of drug-likeness (QED) is 0.0641. The number of fused-ring (bicyclic) bond motifs is 1. The Bertz CT molecular complexity index is 1630. The first-order valence-electron chi connectivity index (χ1n) is 20.3. The standard InChI is InChI=1S/C45H76O5S2Si3/c1-42(2,3)53(12,13)48-38-32-39(49-54(14,15)43(4,5)6)41(52-30-20-29-51-33-40(46)47-11)37(38)26-28-45(10,50-55(16,17)44(7,8)9)27-25-34-23-24-35-21-18-19-22-36(35)31-34/h18-19,21-24,26,28,31-32,37-38,41H,20,25,27,29-30,33H2,1-17H3/t37-,38+,41+,45?/m0/s1. The number of benzene rings is 2. The lowest BCUT2D eigenvalue weighted by Gasteiger charge is -2.44. The second-order valence-electron chi connectivity index (χ2n) is 20.3. The molecule has 1 aliphatic carbocycles. The molecule has 1 aliphatic rings. The molecule has 0 spiro atoms. The van der Waals surface area contributed by atoms with Crippen LogP contribution in [0.2, 0.25) is 54.4 Å². The second kappa shape index (κ2) is 18.8. The number of hydrogen-bond donors (Lipinski definition) is 0. The number of hydrogen-bond acceptors (Lipinski definition) is 7. The van der Waals surface area contributed by atoms with Gasteiger partial charge in [0.1, 0.15) is 0 Å². The summed E-state index contributed by atoms with van der Waals surface area (Å²) in [6, 6.07) is 15.5. The van der Waals surface area contributed by atoms with Crippen LogP contribution in [-0.2, 0) is 29.2 Å². The van der Waals surface area contributed by atoms with Gasteiger partial charge in [-0.25, -0.2) is 0 Å². The molecule has 0 N–H and O–H groups in total. The molecule has 0 fully saturated rings. The van der Waals surface area contributed by atoms with Gasteiger partial charge in [0, 0.05) is 5.92 Å². The van der Waals surface area contributed by atoms with Crippen LogP contribution in [0.5, 0.6) is 0 Å². The van der Waals surface area contributed by atoms with Crippen LogP contribution in [0.15, 0.2) is 66.5 Å². The van der Waals surface area contributed by atoms with Gasteiger partial charge in [0.05, 0.1) is 35.6 Å². The summed E-state index contributed by atoms with van der Waals surface area (Å²) >= 11 is 3.63. The monoisotopic (exact) mass is 844 g/mol. The van der Waals surface area contributed by atoms with Gasteiger partial charge in [-0.05, 0) is 115 Å². The van der Waals surface area contributed by atoms with E-state index in [9.17, 15) is 4.79 Å². The first-order valence-corrected chi connectivity index (χ1v) is 31.3. The van der Waals surface area contributed by atoms with E-state index >= 15 is 0 Å². The summed E-state index contributed by atoms with van der Waals surface area (Å²) in [6.07, 6.45) is 9.91. The third kappa shape index (κ3) is 13.4. The van der Waals surface area contributed by atoms with E-state index < -0.39 is 30.6 Å². The molecule has 4 atom stereocenters. The average molecular weight is 845 g/mol. The van der Waals surface area contributed by atoms with Crippen molar-refractivity contribution in [3.05, 3.63) is 72.0 Å². The maximum atomic E-state index is 11.8. The van der Waals surface area contributed by atoms with E-state index in [-0.39, 0.29) is 38.4 Å². The largest absolute Gasteiger partial charge is 0.546 e. The van der Waals surface area contributed by atoms with Gasteiger partial charge < -0.3 is 18.0 Å². The fourth-order valence-electron chi connectivity index (χ4n) is 5.89. The van der Waals surface area contributed by atoms with E-state index in [0.717, 1.165) is 36.5 Å². The molecule has 10 heteroatoms. The Morgan fingerprint density at radius 3 is 1.96 bits per heavy atom. The molecule has 0 heterocycles. The van der Waals surface area contributed by atoms with Gasteiger partial charge >= 0.3 is 5.97 Å². The lowest BCUT2D eigenvalue weighted by molar-refractivity contribution is -0.137. The third-order valence-electron chi connectivity index (χ3n) is 12.6. The maximum Gasteiger partial charge on any atom is 0.315 e. The number of carbonyl (C=O) groups is 1. The number of methoxy groups -OCH3 is 1. The highest BCUT2D eigenvalue weighted by Gasteiger charge is 2.48. The summed E-state index contributed by atoms with van der Waals surface area (Å²) in [4.78, 5) is 11.8. The van der Waals surface area contributed by atoms with Gasteiger partial charge in [-0.15, -0.1) is 11.8 Å². The molecule has 0 radical (unpaired) electrons. The SMILES string of the molecule is COC(=O)CSCCCS[C@H]1C(O[Si](C)(C)C(C)(C)C)=C[C@@H](O[Si](C)(C)C(C)(C)C)[C@@H]1C=CC(C)(CCc1ccc2ccccc2c1)O[Si](C)(C)C(C)(C)C. The van der Waals surface area contributed by atoms with Crippen molar-refractivity contribution in [2.45, 2.75) is 160 Å². The number of rotatable bonds is 18. The van der Waals surface area contributed by atoms with E-state index in [2.05, 4.69) is 169 Å². The predicted molar refractivity (Wildman–Crippen MR) is 250 cm³/mol. The van der Waals surface area contributed by atoms with E-state index in [1.165, 1.54) is 23.4 Å². The van der Waals surface area contributed by atoms with E-state index in [4.69, 9.17) is 18.0 Å². The molecule has 0 saturated heterocycles. The molecule has 55 heavy (non-hydrogen) atoms. The third-order valence-corrected chi connectivity index (χ3v) is 28.5. The van der Waals surface area contributed by atoms with E-state index in [1.54, 1.807) is 11.8 Å². The van der Waals surface area contributed by atoms with Gasteiger partial charge in [0.25, 0.3) is 0 Å². The van der Waals surface area contributed by atoms with Crippen molar-refractivity contribution in [2.24, 2.45) is 5.92 Å². The highest BCUT2D eigenvalue weighted by atomic mass is 32.2. The minimum Gasteiger partial charge on any atom is -0.546 e. The van der Waals surface area contributed by atoms with Crippen LogP contribution in [0, 0.1) is 5.92 Å². The summed E-state index contributed by atoms with van der Waals surface area (Å²) < 4.78 is 26.9. The van der Waals surface area contributed by atoms with Crippen LogP contribution in [0.3, 0.4) is 0 Å². The molecule has 0 aromatic heterocycles. The van der Waals surface area contributed by atoms with Crippen LogP contribution < -0.4 is 0 Å². The summed E-state index contributed by atoms with van der Waals surface area (Å²) in [5.74, 6) is 3.28. The van der Waals surface area contributed by atoms with Gasteiger partial charge in [0.2, 0.25) is 8.32 Å². The molecule has 310 valence electrons. The minimum absolute atomic E-state index is 0.0651. The van der Waals surface area contributed by atoms with Crippen molar-refractivity contribution in [3.63, 3.8) is 0 Å².